The Bertz CT molecular complexity index is 123. The van der Waals surface area contributed by atoms with Gasteiger partial charge in [-0.05, 0) is 0 Å². The third-order valence-electron chi connectivity index (χ3n) is 0.653. The fraction of sp³-hybridized carbons (Fsp3) is 0.500. The van der Waals surface area contributed by atoms with E-state index < -0.39 is 0 Å². The number of carbonyl (C=O) groups is 2. The van der Waals surface area contributed by atoms with Gasteiger partial charge in [-0.3, -0.25) is 9.59 Å². The smallest absolute Gasteiger partial charge is 0.280 e. The van der Waals surface area contributed by atoms with Crippen LogP contribution < -0.4 is 10.6 Å². The molecule has 0 aromatic rings. The predicted molar refractivity (Wildman–Crippen MR) is 54.8 cm³/mol. The van der Waals surface area contributed by atoms with Crippen molar-refractivity contribution in [3.8, 4) is 0 Å². The number of amides is 2. The lowest BCUT2D eigenvalue weighted by atomic mass is 10.6. The second-order valence-corrected chi connectivity index (χ2v) is 3.36. The lowest BCUT2D eigenvalue weighted by Gasteiger charge is -1.99. The zero-order valence-electron chi connectivity index (χ0n) is 4.99. The molecule has 0 aliphatic heterocycles. The molecule has 0 atom stereocenters. The first-order chi connectivity index (χ1) is 4.63. The van der Waals surface area contributed by atoms with Crippen molar-refractivity contribution in [3.05, 3.63) is 0 Å². The number of carbonyl (C=O) groups excluding carboxylic acids is 2. The molecule has 6 heteroatoms. The summed E-state index contributed by atoms with van der Waals surface area (Å²) in [4.78, 5) is 20.5. The highest BCUT2D eigenvalue weighted by Crippen LogP contribution is 1.82. The Balaban J connectivity index is 3.06. The normalized spacial score (nSPS) is 8.60. The van der Waals surface area contributed by atoms with E-state index in [1.807, 2.05) is 0 Å². The highest BCUT2D eigenvalue weighted by atomic mass is 127. The second kappa shape index (κ2) is 6.13. The second-order valence-electron chi connectivity index (χ2n) is 1.40. The standard InChI is InChI=1S/C4H6I2N2O2/c5-3(9)7-1-2-8-4(6)10/h1-2H2,(H,7,9)(H,8,10). The van der Waals surface area contributed by atoms with E-state index in [1.54, 1.807) is 45.2 Å². The average molecular weight is 368 g/mol. The van der Waals surface area contributed by atoms with Crippen molar-refractivity contribution in [1.82, 2.24) is 10.6 Å². The summed E-state index contributed by atoms with van der Waals surface area (Å²) in [5, 5.41) is 5.06. The van der Waals surface area contributed by atoms with Gasteiger partial charge < -0.3 is 10.6 Å². The Kier molecular flexibility index (Phi) is 6.38. The van der Waals surface area contributed by atoms with Crippen molar-refractivity contribution in [2.24, 2.45) is 0 Å². The lowest BCUT2D eigenvalue weighted by molar-refractivity contribution is 0.259. The third kappa shape index (κ3) is 8.40. The van der Waals surface area contributed by atoms with Crippen LogP contribution in [-0.4, -0.2) is 20.9 Å². The van der Waals surface area contributed by atoms with Crippen molar-refractivity contribution in [1.29, 1.82) is 0 Å². The van der Waals surface area contributed by atoms with E-state index in [9.17, 15) is 9.59 Å². The zero-order chi connectivity index (χ0) is 7.98. The van der Waals surface area contributed by atoms with E-state index in [0.29, 0.717) is 13.1 Å². The maximum absolute atomic E-state index is 10.2. The van der Waals surface area contributed by atoms with E-state index in [1.165, 1.54) is 0 Å². The molecule has 0 aromatic heterocycles. The Morgan fingerprint density at radius 3 is 1.50 bits per heavy atom. The molecule has 0 fully saturated rings. The van der Waals surface area contributed by atoms with E-state index in [0.717, 1.165) is 0 Å². The van der Waals surface area contributed by atoms with Crippen LogP contribution in [-0.2, 0) is 0 Å². The maximum atomic E-state index is 10.2. The molecular weight excluding hydrogens is 362 g/mol. The molecule has 0 aliphatic rings. The molecule has 2 amide bonds. The first-order valence-corrected chi connectivity index (χ1v) is 4.65. The van der Waals surface area contributed by atoms with Gasteiger partial charge in [0.25, 0.3) is 7.83 Å². The van der Waals surface area contributed by atoms with E-state index in [4.69, 9.17) is 0 Å². The van der Waals surface area contributed by atoms with Crippen LogP contribution in [0.2, 0.25) is 0 Å². The quantitative estimate of drug-likeness (QED) is 0.341. The van der Waals surface area contributed by atoms with E-state index in [-0.39, 0.29) is 7.83 Å². The molecular formula is C4H6I2N2O2. The Hall–Kier alpha value is 0.400. The lowest BCUT2D eigenvalue weighted by Crippen LogP contribution is -2.29. The monoisotopic (exact) mass is 368 g/mol. The van der Waals surface area contributed by atoms with Gasteiger partial charge in [-0.25, -0.2) is 0 Å². The number of halogens is 2. The minimum atomic E-state index is -0.111. The van der Waals surface area contributed by atoms with Crippen molar-refractivity contribution in [2.45, 2.75) is 0 Å². The maximum Gasteiger partial charge on any atom is 0.280 e. The van der Waals surface area contributed by atoms with Crippen molar-refractivity contribution >= 4 is 53.0 Å². The van der Waals surface area contributed by atoms with Crippen LogP contribution >= 0.6 is 45.2 Å². The van der Waals surface area contributed by atoms with Crippen LogP contribution in [0.1, 0.15) is 0 Å². The molecule has 0 unspecified atom stereocenters. The van der Waals surface area contributed by atoms with Crippen LogP contribution in [0, 0.1) is 0 Å². The SMILES string of the molecule is O=C(I)NCCNC(=O)I. The van der Waals surface area contributed by atoms with Gasteiger partial charge in [-0.1, -0.05) is 0 Å². The van der Waals surface area contributed by atoms with Crippen molar-refractivity contribution in [3.63, 3.8) is 0 Å². The largest absolute Gasteiger partial charge is 0.346 e. The van der Waals surface area contributed by atoms with Gasteiger partial charge >= 0.3 is 0 Å². The number of hydrogen-bond donors (Lipinski definition) is 2. The first kappa shape index (κ1) is 10.4. The topological polar surface area (TPSA) is 58.2 Å². The van der Waals surface area contributed by atoms with Gasteiger partial charge in [0.2, 0.25) is 0 Å². The first-order valence-electron chi connectivity index (χ1n) is 2.49. The Morgan fingerprint density at radius 1 is 1.00 bits per heavy atom. The summed E-state index contributed by atoms with van der Waals surface area (Å²) in [6, 6.07) is 0. The molecule has 0 aliphatic carbocycles. The van der Waals surface area contributed by atoms with Crippen molar-refractivity contribution < 1.29 is 9.59 Å². The minimum absolute atomic E-state index is 0.111. The summed E-state index contributed by atoms with van der Waals surface area (Å²) in [6.07, 6.45) is 0. The van der Waals surface area contributed by atoms with Gasteiger partial charge in [-0.15, -0.1) is 0 Å². The molecule has 0 saturated heterocycles. The van der Waals surface area contributed by atoms with Crippen LogP contribution in [0.5, 0.6) is 0 Å². The summed E-state index contributed by atoms with van der Waals surface area (Å²) >= 11 is 3.27. The zero-order valence-corrected chi connectivity index (χ0v) is 9.30. The van der Waals surface area contributed by atoms with Crippen LogP contribution in [0.4, 0.5) is 9.59 Å². The Morgan fingerprint density at radius 2 is 1.30 bits per heavy atom. The van der Waals surface area contributed by atoms with Crippen LogP contribution in [0.3, 0.4) is 0 Å². The van der Waals surface area contributed by atoms with Gasteiger partial charge in [0, 0.05) is 58.3 Å². The number of hydrogen-bond acceptors (Lipinski definition) is 2. The average Bonchev–Trinajstić information content (AvgIpc) is 1.79. The van der Waals surface area contributed by atoms with E-state index >= 15 is 0 Å². The summed E-state index contributed by atoms with van der Waals surface area (Å²) in [6.45, 7) is 0.965. The predicted octanol–water partition coefficient (Wildman–Crippen LogP) is 1.28. The number of rotatable bonds is 3. The molecule has 0 spiro atoms. The van der Waals surface area contributed by atoms with E-state index in [2.05, 4.69) is 10.6 Å². The van der Waals surface area contributed by atoms with Crippen LogP contribution in [0.25, 0.3) is 0 Å². The molecule has 0 saturated carbocycles. The molecule has 0 bridgehead atoms. The van der Waals surface area contributed by atoms with Gasteiger partial charge in [0.15, 0.2) is 0 Å². The minimum Gasteiger partial charge on any atom is -0.346 e. The van der Waals surface area contributed by atoms with Crippen LogP contribution in [0.15, 0.2) is 0 Å². The third-order valence-corrected chi connectivity index (χ3v) is 1.42. The Labute approximate surface area is 85.8 Å². The van der Waals surface area contributed by atoms with Gasteiger partial charge in [-0.2, -0.15) is 0 Å². The summed E-state index contributed by atoms with van der Waals surface area (Å²) in [5.74, 6) is 0. The summed E-state index contributed by atoms with van der Waals surface area (Å²) in [5.41, 5.74) is 0. The summed E-state index contributed by atoms with van der Waals surface area (Å²) < 4.78 is -0.222. The molecule has 4 nitrogen and oxygen atoms in total. The molecule has 10 heavy (non-hydrogen) atoms. The molecule has 0 rings (SSSR count). The number of nitrogens with one attached hydrogen (secondary N) is 2. The molecule has 2 N–H and O–H groups in total. The van der Waals surface area contributed by atoms with Gasteiger partial charge in [0.05, 0.1) is 0 Å². The molecule has 0 heterocycles. The molecule has 0 radical (unpaired) electrons. The fourth-order valence-corrected chi connectivity index (χ4v) is 0.861. The fourth-order valence-electron chi connectivity index (χ4n) is 0.322. The highest BCUT2D eigenvalue weighted by Gasteiger charge is 1.93. The highest BCUT2D eigenvalue weighted by molar-refractivity contribution is 14.1. The van der Waals surface area contributed by atoms with Gasteiger partial charge in [0.1, 0.15) is 0 Å². The molecule has 0 aromatic carbocycles. The molecule has 58 valence electrons. The van der Waals surface area contributed by atoms with Crippen molar-refractivity contribution in [2.75, 3.05) is 13.1 Å². The summed E-state index contributed by atoms with van der Waals surface area (Å²) in [7, 11) is 0.